The molecule has 0 bridgehead atoms. The van der Waals surface area contributed by atoms with Crippen molar-refractivity contribution < 1.29 is 4.79 Å². The topological polar surface area (TPSA) is 46.9 Å². The molecule has 2 aromatic heterocycles. The zero-order valence-electron chi connectivity index (χ0n) is 14.3. The zero-order valence-corrected chi connectivity index (χ0v) is 14.3. The lowest BCUT2D eigenvalue weighted by Gasteiger charge is -2.09. The summed E-state index contributed by atoms with van der Waals surface area (Å²) in [5.41, 5.74) is 4.42. The molecule has 1 N–H and O–H groups in total. The summed E-state index contributed by atoms with van der Waals surface area (Å²) in [5, 5.41) is 2.86. The zero-order chi connectivity index (χ0) is 17.6. The van der Waals surface area contributed by atoms with E-state index in [-0.39, 0.29) is 5.91 Å². The highest BCUT2D eigenvalue weighted by Crippen LogP contribution is 2.20. The minimum absolute atomic E-state index is 0.120. The van der Waals surface area contributed by atoms with Gasteiger partial charge in [-0.25, -0.2) is 0 Å². The Labute approximate surface area is 147 Å². The lowest BCUT2D eigenvalue weighted by Crippen LogP contribution is -2.24. The van der Waals surface area contributed by atoms with Gasteiger partial charge in [0, 0.05) is 23.1 Å². The fraction of sp³-hybridized carbons (Fsp3) is 0.143. The number of aromatic nitrogens is 2. The van der Waals surface area contributed by atoms with Crippen molar-refractivity contribution in [2.45, 2.75) is 13.8 Å². The van der Waals surface area contributed by atoms with E-state index in [1.54, 1.807) is 12.4 Å². The average Bonchev–Trinajstić information content (AvgIpc) is 2.94. The number of nitrogens with one attached hydrogen (secondary N) is 1. The number of carbonyl (C=O) groups is 1. The molecule has 0 aliphatic carbocycles. The third kappa shape index (κ3) is 3.78. The summed E-state index contributed by atoms with van der Waals surface area (Å²) >= 11 is 0. The molecular weight excluding hydrogens is 310 g/mol. The molecule has 2 heterocycles. The molecule has 3 rings (SSSR count). The molecule has 0 atom stereocenters. The summed E-state index contributed by atoms with van der Waals surface area (Å²) < 4.78 is 2.03. The molecule has 0 saturated heterocycles. The normalized spacial score (nSPS) is 10.0. The van der Waals surface area contributed by atoms with Crippen LogP contribution in [0.15, 0.2) is 60.9 Å². The standard InChI is InChI=1S/C21H19N3O/c1-16-14-20(17(2)24(16)19-11-7-12-22-15-19)21(25)23-13-6-10-18-8-4-3-5-9-18/h3-5,7-9,11-12,14-15H,13H2,1-2H3,(H,23,25). The molecule has 0 aliphatic heterocycles. The Morgan fingerprint density at radius 2 is 1.96 bits per heavy atom. The van der Waals surface area contributed by atoms with Crippen molar-refractivity contribution in [3.63, 3.8) is 0 Å². The molecule has 0 aliphatic rings. The van der Waals surface area contributed by atoms with Crippen LogP contribution < -0.4 is 5.32 Å². The predicted molar refractivity (Wildman–Crippen MR) is 98.7 cm³/mol. The summed E-state index contributed by atoms with van der Waals surface area (Å²) in [6, 6.07) is 15.5. The van der Waals surface area contributed by atoms with Crippen molar-refractivity contribution in [3.05, 3.63) is 83.4 Å². The summed E-state index contributed by atoms with van der Waals surface area (Å²) in [4.78, 5) is 16.6. The molecule has 0 radical (unpaired) electrons. The Balaban J connectivity index is 1.72. The lowest BCUT2D eigenvalue weighted by atomic mass is 10.2. The molecule has 1 aromatic carbocycles. The number of amides is 1. The SMILES string of the molecule is Cc1cc(C(=O)NCC#Cc2ccccc2)c(C)n1-c1cccnc1. The van der Waals surface area contributed by atoms with Crippen molar-refractivity contribution >= 4 is 5.91 Å². The van der Waals surface area contributed by atoms with Crippen LogP contribution in [0.3, 0.4) is 0 Å². The van der Waals surface area contributed by atoms with Crippen LogP contribution >= 0.6 is 0 Å². The molecule has 3 aromatic rings. The third-order valence-corrected chi connectivity index (χ3v) is 3.92. The van der Waals surface area contributed by atoms with Gasteiger partial charge >= 0.3 is 0 Å². The quantitative estimate of drug-likeness (QED) is 0.750. The van der Waals surface area contributed by atoms with Gasteiger partial charge in [-0.05, 0) is 44.2 Å². The highest BCUT2D eigenvalue weighted by Gasteiger charge is 2.16. The van der Waals surface area contributed by atoms with Crippen molar-refractivity contribution in [2.24, 2.45) is 0 Å². The van der Waals surface area contributed by atoms with E-state index in [2.05, 4.69) is 22.1 Å². The Bertz CT molecular complexity index is 932. The Morgan fingerprint density at radius 1 is 1.16 bits per heavy atom. The van der Waals surface area contributed by atoms with Crippen LogP contribution in [0.4, 0.5) is 0 Å². The van der Waals surface area contributed by atoms with E-state index in [0.717, 1.165) is 22.6 Å². The van der Waals surface area contributed by atoms with Crippen LogP contribution in [0, 0.1) is 25.7 Å². The predicted octanol–water partition coefficient (Wildman–Crippen LogP) is 3.27. The Morgan fingerprint density at radius 3 is 2.68 bits per heavy atom. The maximum absolute atomic E-state index is 12.5. The highest BCUT2D eigenvalue weighted by atomic mass is 16.1. The number of hydrogen-bond acceptors (Lipinski definition) is 2. The molecule has 0 saturated carbocycles. The van der Waals surface area contributed by atoms with Crippen LogP contribution in [0.2, 0.25) is 0 Å². The third-order valence-electron chi connectivity index (χ3n) is 3.92. The van der Waals surface area contributed by atoms with E-state index in [1.807, 2.05) is 66.9 Å². The van der Waals surface area contributed by atoms with Gasteiger partial charge in [-0.1, -0.05) is 30.0 Å². The summed E-state index contributed by atoms with van der Waals surface area (Å²) in [6.07, 6.45) is 3.52. The Kier molecular flexibility index (Phi) is 4.96. The molecule has 0 fully saturated rings. The van der Waals surface area contributed by atoms with E-state index in [4.69, 9.17) is 0 Å². The number of rotatable bonds is 3. The van der Waals surface area contributed by atoms with Crippen LogP contribution in [0.1, 0.15) is 27.3 Å². The first-order valence-corrected chi connectivity index (χ1v) is 8.08. The minimum Gasteiger partial charge on any atom is -0.341 e. The van der Waals surface area contributed by atoms with Crippen LogP contribution in [0.5, 0.6) is 0 Å². The second-order valence-electron chi connectivity index (χ2n) is 5.68. The molecule has 124 valence electrons. The number of aryl methyl sites for hydroxylation is 1. The second-order valence-corrected chi connectivity index (χ2v) is 5.68. The maximum atomic E-state index is 12.5. The van der Waals surface area contributed by atoms with Crippen molar-refractivity contribution in [2.75, 3.05) is 6.54 Å². The highest BCUT2D eigenvalue weighted by molar-refractivity contribution is 5.96. The van der Waals surface area contributed by atoms with Crippen molar-refractivity contribution in [3.8, 4) is 17.5 Å². The van der Waals surface area contributed by atoms with Crippen molar-refractivity contribution in [1.82, 2.24) is 14.9 Å². The van der Waals surface area contributed by atoms with Gasteiger partial charge in [-0.15, -0.1) is 0 Å². The van der Waals surface area contributed by atoms with Crippen LogP contribution in [-0.2, 0) is 0 Å². The monoisotopic (exact) mass is 329 g/mol. The number of nitrogens with zero attached hydrogens (tertiary/aromatic N) is 2. The van der Waals surface area contributed by atoms with Gasteiger partial charge in [-0.2, -0.15) is 0 Å². The van der Waals surface area contributed by atoms with Gasteiger partial charge in [-0.3, -0.25) is 9.78 Å². The fourth-order valence-electron chi connectivity index (χ4n) is 2.76. The van der Waals surface area contributed by atoms with Gasteiger partial charge in [0.05, 0.1) is 24.0 Å². The molecule has 4 heteroatoms. The molecule has 25 heavy (non-hydrogen) atoms. The Hall–Kier alpha value is -3.32. The molecule has 1 amide bonds. The molecule has 0 unspecified atom stereocenters. The van der Waals surface area contributed by atoms with Crippen molar-refractivity contribution in [1.29, 1.82) is 0 Å². The first-order chi connectivity index (χ1) is 12.2. The van der Waals surface area contributed by atoms with Gasteiger partial charge < -0.3 is 9.88 Å². The first-order valence-electron chi connectivity index (χ1n) is 8.08. The van der Waals surface area contributed by atoms with Gasteiger partial charge in [0.25, 0.3) is 5.91 Å². The number of hydrogen-bond donors (Lipinski definition) is 1. The van der Waals surface area contributed by atoms with E-state index >= 15 is 0 Å². The smallest absolute Gasteiger partial charge is 0.253 e. The first kappa shape index (κ1) is 16.5. The van der Waals surface area contributed by atoms with Gasteiger partial charge in [0.1, 0.15) is 0 Å². The lowest BCUT2D eigenvalue weighted by molar-refractivity contribution is 0.0958. The number of pyridine rings is 1. The summed E-state index contributed by atoms with van der Waals surface area (Å²) in [7, 11) is 0. The second kappa shape index (κ2) is 7.50. The molecule has 0 spiro atoms. The fourth-order valence-corrected chi connectivity index (χ4v) is 2.76. The van der Waals surface area contributed by atoms with Gasteiger partial charge in [0.15, 0.2) is 0 Å². The van der Waals surface area contributed by atoms with Crippen LogP contribution in [-0.4, -0.2) is 22.0 Å². The summed E-state index contributed by atoms with van der Waals surface area (Å²) in [6.45, 7) is 4.22. The minimum atomic E-state index is -0.120. The van der Waals surface area contributed by atoms with E-state index < -0.39 is 0 Å². The summed E-state index contributed by atoms with van der Waals surface area (Å²) in [5.74, 6) is 5.89. The largest absolute Gasteiger partial charge is 0.341 e. The van der Waals surface area contributed by atoms with E-state index in [1.165, 1.54) is 0 Å². The van der Waals surface area contributed by atoms with Gasteiger partial charge in [0.2, 0.25) is 0 Å². The van der Waals surface area contributed by atoms with E-state index in [9.17, 15) is 4.79 Å². The molecular formula is C21H19N3O. The van der Waals surface area contributed by atoms with Crippen LogP contribution in [0.25, 0.3) is 5.69 Å². The number of benzene rings is 1. The number of carbonyl (C=O) groups excluding carboxylic acids is 1. The molecule has 4 nitrogen and oxygen atoms in total. The maximum Gasteiger partial charge on any atom is 0.253 e. The van der Waals surface area contributed by atoms with E-state index in [0.29, 0.717) is 12.1 Å². The average molecular weight is 329 g/mol.